The van der Waals surface area contributed by atoms with Gasteiger partial charge in [-0.05, 0) is 41.1 Å². The molecule has 1 aliphatic heterocycles. The number of nitrogens with one attached hydrogen (secondary N) is 6. The van der Waals surface area contributed by atoms with Gasteiger partial charge in [0, 0.05) is 25.7 Å². The maximum atomic E-state index is 14.4. The number of urea groups is 1. The van der Waals surface area contributed by atoms with Crippen LogP contribution in [0.4, 0.5) is 9.59 Å². The minimum Gasteiger partial charge on any atom is -0.444 e. The van der Waals surface area contributed by atoms with Gasteiger partial charge in [-0.15, -0.1) is 6.58 Å². The molecule has 0 aliphatic carbocycles. The van der Waals surface area contributed by atoms with Gasteiger partial charge in [-0.2, -0.15) is 13.1 Å². The Morgan fingerprint density at radius 2 is 1.60 bits per heavy atom. The molecule has 0 aromatic heterocycles. The van der Waals surface area contributed by atoms with Gasteiger partial charge in [0.15, 0.2) is 0 Å². The molecule has 6 amide bonds. The number of Topliss-reactive ketones (excluding diaryl/α,β-unsaturated/α-hetero) is 1. The summed E-state index contributed by atoms with van der Waals surface area (Å²) in [5, 5.41) is 10.7. The normalized spacial score (nSPS) is 17.7. The van der Waals surface area contributed by atoms with Crippen LogP contribution in [0.2, 0.25) is 0 Å². The quantitative estimate of drug-likeness (QED) is 0.0950. The monoisotopic (exact) mass is 791 g/mol. The van der Waals surface area contributed by atoms with Gasteiger partial charge in [-0.3, -0.25) is 19.2 Å². The summed E-state index contributed by atoms with van der Waals surface area (Å²) in [6.45, 7) is 19.7. The highest BCUT2D eigenvalue weighted by molar-refractivity contribution is 7.88. The van der Waals surface area contributed by atoms with Gasteiger partial charge in [0.25, 0.3) is 5.91 Å². The first kappa shape index (κ1) is 46.6. The largest absolute Gasteiger partial charge is 0.444 e. The standard InChI is InChI=1S/C38H61N7O9S/c1-11-16-27(30(46)33(48)39-20-12-2)41-32(47)29-26(24(3)4)19-21-45(29)34(49)31(38(8,9)10)43-35(50)42-28(37(5,6)7)22-40-55(52,53)44-36(51)54-23-25-17-14-13-15-18-25/h12-15,17-18,24,26-29,31,40H,2,11,16,19-23H2,1,3-10H3,(H,39,48)(H,41,47)(H,44,51)(H2,42,43,50)/t26-,27?,28-,29+,31-/m1/s1. The SMILES string of the molecule is C=CCNC(=O)C(=O)C(CCC)NC(=O)[C@@H]1[C@@H](C(C)C)CCN1C(=O)[C@@H](NC(=O)N[C@H](CNS(=O)(=O)NC(=O)OCc1ccccc1)C(C)(C)C)C(C)(C)C. The second-order valence-electron chi connectivity index (χ2n) is 16.2. The molecule has 16 nitrogen and oxygen atoms in total. The summed E-state index contributed by atoms with van der Waals surface area (Å²) in [7, 11) is -4.39. The Labute approximate surface area is 325 Å². The van der Waals surface area contributed by atoms with Crippen molar-refractivity contribution in [1.29, 1.82) is 0 Å². The van der Waals surface area contributed by atoms with Crippen LogP contribution in [0.5, 0.6) is 0 Å². The van der Waals surface area contributed by atoms with Crippen LogP contribution in [0.1, 0.15) is 87.1 Å². The Morgan fingerprint density at radius 3 is 2.15 bits per heavy atom. The van der Waals surface area contributed by atoms with Crippen LogP contribution >= 0.6 is 0 Å². The lowest BCUT2D eigenvalue weighted by atomic mass is 9.84. The number of carbonyl (C=O) groups is 6. The van der Waals surface area contributed by atoms with E-state index in [0.717, 1.165) is 0 Å². The summed E-state index contributed by atoms with van der Waals surface area (Å²) >= 11 is 0. The molecule has 2 rings (SSSR count). The van der Waals surface area contributed by atoms with Crippen molar-refractivity contribution in [2.24, 2.45) is 22.7 Å². The van der Waals surface area contributed by atoms with Crippen LogP contribution in [-0.2, 0) is 40.7 Å². The van der Waals surface area contributed by atoms with E-state index in [-0.39, 0.29) is 44.5 Å². The zero-order valence-electron chi connectivity index (χ0n) is 33.6. The fourth-order valence-corrected chi connectivity index (χ4v) is 6.87. The molecule has 308 valence electrons. The molecule has 6 N–H and O–H groups in total. The van der Waals surface area contributed by atoms with Crippen molar-refractivity contribution in [1.82, 2.24) is 35.6 Å². The summed E-state index contributed by atoms with van der Waals surface area (Å²) in [5.41, 5.74) is -0.885. The summed E-state index contributed by atoms with van der Waals surface area (Å²) in [6, 6.07) is 3.92. The summed E-state index contributed by atoms with van der Waals surface area (Å²) in [6.07, 6.45) is 1.47. The molecule has 17 heteroatoms. The second-order valence-corrected chi connectivity index (χ2v) is 17.7. The Balaban J connectivity index is 2.22. The van der Waals surface area contributed by atoms with Crippen LogP contribution in [0.3, 0.4) is 0 Å². The van der Waals surface area contributed by atoms with Crippen LogP contribution in [0.25, 0.3) is 0 Å². The maximum absolute atomic E-state index is 14.4. The van der Waals surface area contributed by atoms with E-state index in [0.29, 0.717) is 18.4 Å². The first-order valence-electron chi connectivity index (χ1n) is 18.6. The van der Waals surface area contributed by atoms with E-state index < -0.39 is 80.8 Å². The Bertz CT molecular complexity index is 1620. The zero-order chi connectivity index (χ0) is 41.7. The smallest absolute Gasteiger partial charge is 0.422 e. The maximum Gasteiger partial charge on any atom is 0.422 e. The zero-order valence-corrected chi connectivity index (χ0v) is 34.4. The van der Waals surface area contributed by atoms with Gasteiger partial charge in [-0.25, -0.2) is 14.3 Å². The van der Waals surface area contributed by atoms with E-state index >= 15 is 0 Å². The fourth-order valence-electron chi connectivity index (χ4n) is 6.13. The molecule has 1 unspecified atom stereocenters. The third kappa shape index (κ3) is 14.6. The van der Waals surface area contributed by atoms with Crippen molar-refractivity contribution in [3.05, 3.63) is 48.6 Å². The molecule has 1 aliphatic rings. The summed E-state index contributed by atoms with van der Waals surface area (Å²) < 4.78 is 34.5. The Kier molecular flexibility index (Phi) is 17.3. The predicted molar refractivity (Wildman–Crippen MR) is 208 cm³/mol. The predicted octanol–water partition coefficient (Wildman–Crippen LogP) is 2.91. The topological polar surface area (TPSA) is 221 Å². The van der Waals surface area contributed by atoms with E-state index in [1.807, 2.05) is 20.8 Å². The molecule has 1 saturated heterocycles. The van der Waals surface area contributed by atoms with Crippen molar-refractivity contribution in [2.45, 2.75) is 112 Å². The van der Waals surface area contributed by atoms with Crippen molar-refractivity contribution >= 4 is 45.8 Å². The van der Waals surface area contributed by atoms with Gasteiger partial charge in [0.2, 0.25) is 17.6 Å². The minimum absolute atomic E-state index is 0.0226. The number of likely N-dealkylation sites (tertiary alicyclic amines) is 1. The lowest BCUT2D eigenvalue weighted by molar-refractivity contribution is -0.144. The molecule has 1 heterocycles. The number of amides is 6. The molecule has 1 fully saturated rings. The first-order chi connectivity index (χ1) is 25.5. The minimum atomic E-state index is -4.39. The van der Waals surface area contributed by atoms with Crippen molar-refractivity contribution in [3.8, 4) is 0 Å². The fraction of sp³-hybridized carbons (Fsp3) is 0.632. The van der Waals surface area contributed by atoms with Gasteiger partial charge in [0.1, 0.15) is 18.7 Å². The number of benzene rings is 1. The van der Waals surface area contributed by atoms with Crippen molar-refractivity contribution < 1.29 is 41.9 Å². The number of hydrogen-bond donors (Lipinski definition) is 6. The number of ether oxygens (including phenoxy) is 1. The van der Waals surface area contributed by atoms with Crippen LogP contribution in [0.15, 0.2) is 43.0 Å². The molecule has 5 atom stereocenters. The van der Waals surface area contributed by atoms with Crippen molar-refractivity contribution in [3.63, 3.8) is 0 Å². The van der Waals surface area contributed by atoms with Gasteiger partial charge >= 0.3 is 22.3 Å². The molecule has 0 spiro atoms. The number of nitrogens with zero attached hydrogens (tertiary/aromatic N) is 1. The molecule has 1 aromatic rings. The Morgan fingerprint density at radius 1 is 0.964 bits per heavy atom. The molecular formula is C38H61N7O9S. The summed E-state index contributed by atoms with van der Waals surface area (Å²) in [4.78, 5) is 81.1. The molecular weight excluding hydrogens is 731 g/mol. The van der Waals surface area contributed by atoms with Gasteiger partial charge < -0.3 is 30.9 Å². The molecule has 55 heavy (non-hydrogen) atoms. The van der Waals surface area contributed by atoms with Crippen LogP contribution in [0, 0.1) is 22.7 Å². The third-order valence-electron chi connectivity index (χ3n) is 9.34. The highest BCUT2D eigenvalue weighted by atomic mass is 32.2. The number of hydrogen-bond acceptors (Lipinski definition) is 9. The molecule has 0 radical (unpaired) electrons. The molecule has 0 bridgehead atoms. The van der Waals surface area contributed by atoms with Crippen LogP contribution in [-0.4, -0.2) is 92.7 Å². The van der Waals surface area contributed by atoms with E-state index in [4.69, 9.17) is 4.74 Å². The average Bonchev–Trinajstić information content (AvgIpc) is 3.55. The average molecular weight is 792 g/mol. The Hall–Kier alpha value is -4.51. The lowest BCUT2D eigenvalue weighted by Crippen LogP contribution is -2.62. The van der Waals surface area contributed by atoms with Gasteiger partial charge in [-0.1, -0.05) is 105 Å². The number of ketones is 1. The number of carbonyl (C=O) groups excluding carboxylic acids is 6. The van der Waals surface area contributed by atoms with Gasteiger partial charge in [0.05, 0.1) is 6.04 Å². The van der Waals surface area contributed by atoms with Crippen molar-refractivity contribution in [2.75, 3.05) is 19.6 Å². The highest BCUT2D eigenvalue weighted by Gasteiger charge is 2.48. The lowest BCUT2D eigenvalue weighted by Gasteiger charge is -2.38. The molecule has 0 saturated carbocycles. The van der Waals surface area contributed by atoms with Crippen LogP contribution < -0.4 is 30.7 Å². The van der Waals surface area contributed by atoms with E-state index in [9.17, 15) is 37.2 Å². The van der Waals surface area contributed by atoms with E-state index in [2.05, 4.69) is 32.6 Å². The second kappa shape index (κ2) is 20.4. The number of rotatable bonds is 18. The van der Waals surface area contributed by atoms with E-state index in [1.54, 1.807) is 76.6 Å². The molecule has 1 aromatic carbocycles. The highest BCUT2D eigenvalue weighted by Crippen LogP contribution is 2.33. The third-order valence-corrected chi connectivity index (χ3v) is 10.3. The van der Waals surface area contributed by atoms with E-state index in [1.165, 1.54) is 11.0 Å². The first-order valence-corrected chi connectivity index (χ1v) is 20.1. The summed E-state index contributed by atoms with van der Waals surface area (Å²) in [5.74, 6) is -3.02.